The van der Waals surface area contributed by atoms with Gasteiger partial charge in [-0.1, -0.05) is 6.92 Å². The predicted octanol–water partition coefficient (Wildman–Crippen LogP) is 2.74. The van der Waals surface area contributed by atoms with Crippen molar-refractivity contribution < 1.29 is 4.74 Å². The topological polar surface area (TPSA) is 47.0 Å². The van der Waals surface area contributed by atoms with Crippen molar-refractivity contribution in [3.63, 3.8) is 0 Å². The molecule has 0 spiro atoms. The molecule has 5 heteroatoms. The molecule has 1 aromatic heterocycles. The summed E-state index contributed by atoms with van der Waals surface area (Å²) in [5.74, 6) is 3.66. The van der Waals surface area contributed by atoms with Crippen LogP contribution in [0, 0.1) is 6.92 Å². The molecule has 17 heavy (non-hydrogen) atoms. The summed E-state index contributed by atoms with van der Waals surface area (Å²) < 4.78 is 5.38. The van der Waals surface area contributed by atoms with E-state index in [4.69, 9.17) is 4.74 Å². The quantitative estimate of drug-likeness (QED) is 0.724. The number of nitrogens with one attached hydrogen (secondary N) is 1. The van der Waals surface area contributed by atoms with Crippen molar-refractivity contribution in [2.45, 2.75) is 27.2 Å². The molecule has 0 aliphatic rings. The Labute approximate surface area is 108 Å². The zero-order chi connectivity index (χ0) is 12.5. The monoisotopic (exact) mass is 255 g/mol. The fourth-order valence-electron chi connectivity index (χ4n) is 1.36. The molecule has 0 aromatic carbocycles. The van der Waals surface area contributed by atoms with E-state index in [1.54, 1.807) is 0 Å². The van der Waals surface area contributed by atoms with Crippen LogP contribution in [0.25, 0.3) is 0 Å². The van der Waals surface area contributed by atoms with Gasteiger partial charge in [-0.05, 0) is 31.8 Å². The molecular formula is C12H21N3OS. The van der Waals surface area contributed by atoms with Crippen LogP contribution in [-0.2, 0) is 0 Å². The van der Waals surface area contributed by atoms with E-state index in [0.717, 1.165) is 18.7 Å². The largest absolute Gasteiger partial charge is 0.478 e. The van der Waals surface area contributed by atoms with Gasteiger partial charge in [0, 0.05) is 18.3 Å². The fourth-order valence-corrected chi connectivity index (χ4v) is 2.00. The molecule has 96 valence electrons. The Morgan fingerprint density at radius 3 is 2.88 bits per heavy atom. The van der Waals surface area contributed by atoms with Crippen molar-refractivity contribution in [3.8, 4) is 5.88 Å². The molecule has 0 radical (unpaired) electrons. The minimum Gasteiger partial charge on any atom is -0.478 e. The van der Waals surface area contributed by atoms with Gasteiger partial charge in [0.15, 0.2) is 0 Å². The first-order valence-electron chi connectivity index (χ1n) is 6.06. The summed E-state index contributed by atoms with van der Waals surface area (Å²) in [6.07, 6.45) is 1.12. The highest BCUT2D eigenvalue weighted by atomic mass is 32.2. The maximum Gasteiger partial charge on any atom is 0.226 e. The summed E-state index contributed by atoms with van der Waals surface area (Å²) in [6, 6.07) is 1.85. The predicted molar refractivity (Wildman–Crippen MR) is 74.0 cm³/mol. The van der Waals surface area contributed by atoms with Crippen LogP contribution in [0.4, 0.5) is 5.95 Å². The summed E-state index contributed by atoms with van der Waals surface area (Å²) in [6.45, 7) is 7.61. The minimum atomic E-state index is 0.628. The number of aromatic nitrogens is 2. The summed E-state index contributed by atoms with van der Waals surface area (Å²) in [4.78, 5) is 8.61. The molecule has 0 saturated carbocycles. The summed E-state index contributed by atoms with van der Waals surface area (Å²) >= 11 is 1.95. The SMILES string of the molecule is CCOc1cc(C)nc(NCCCSCC)n1. The smallest absolute Gasteiger partial charge is 0.226 e. The third-order valence-corrected chi connectivity index (χ3v) is 3.06. The highest BCUT2D eigenvalue weighted by Gasteiger charge is 2.01. The Bertz CT molecular complexity index is 334. The van der Waals surface area contributed by atoms with Crippen LogP contribution < -0.4 is 10.1 Å². The number of ether oxygens (including phenoxy) is 1. The maximum absolute atomic E-state index is 5.38. The number of nitrogens with zero attached hydrogens (tertiary/aromatic N) is 2. The highest BCUT2D eigenvalue weighted by molar-refractivity contribution is 7.99. The molecule has 1 rings (SSSR count). The number of aryl methyl sites for hydroxylation is 1. The van der Waals surface area contributed by atoms with Gasteiger partial charge in [-0.2, -0.15) is 16.7 Å². The van der Waals surface area contributed by atoms with Crippen molar-refractivity contribution in [1.29, 1.82) is 0 Å². The Morgan fingerprint density at radius 1 is 1.35 bits per heavy atom. The van der Waals surface area contributed by atoms with Gasteiger partial charge in [-0.3, -0.25) is 0 Å². The first-order chi connectivity index (χ1) is 8.26. The molecule has 0 saturated heterocycles. The third kappa shape index (κ3) is 5.77. The van der Waals surface area contributed by atoms with Gasteiger partial charge in [-0.15, -0.1) is 0 Å². The molecule has 0 amide bonds. The minimum absolute atomic E-state index is 0.628. The van der Waals surface area contributed by atoms with Crippen molar-refractivity contribution in [3.05, 3.63) is 11.8 Å². The zero-order valence-corrected chi connectivity index (χ0v) is 11.6. The van der Waals surface area contributed by atoms with Crippen molar-refractivity contribution in [2.75, 3.05) is 30.0 Å². The Balaban J connectivity index is 2.41. The average Bonchev–Trinajstić information content (AvgIpc) is 2.28. The summed E-state index contributed by atoms with van der Waals surface area (Å²) in [5, 5.41) is 3.23. The molecule has 1 heterocycles. The van der Waals surface area contributed by atoms with E-state index in [-0.39, 0.29) is 0 Å². The van der Waals surface area contributed by atoms with Gasteiger partial charge in [0.1, 0.15) is 0 Å². The molecule has 1 aromatic rings. The van der Waals surface area contributed by atoms with E-state index in [0.29, 0.717) is 18.4 Å². The number of thioether (sulfide) groups is 1. The van der Waals surface area contributed by atoms with E-state index < -0.39 is 0 Å². The van der Waals surface area contributed by atoms with Crippen LogP contribution in [0.1, 0.15) is 26.0 Å². The van der Waals surface area contributed by atoms with Crippen molar-refractivity contribution in [2.24, 2.45) is 0 Å². The van der Waals surface area contributed by atoms with Crippen LogP contribution in [0.3, 0.4) is 0 Å². The van der Waals surface area contributed by atoms with E-state index >= 15 is 0 Å². The van der Waals surface area contributed by atoms with Gasteiger partial charge < -0.3 is 10.1 Å². The maximum atomic E-state index is 5.38. The molecule has 0 bridgehead atoms. The molecule has 0 unspecified atom stereocenters. The summed E-state index contributed by atoms with van der Waals surface area (Å²) in [7, 11) is 0. The van der Waals surface area contributed by atoms with Crippen LogP contribution in [0.5, 0.6) is 5.88 Å². The Morgan fingerprint density at radius 2 is 2.18 bits per heavy atom. The van der Waals surface area contributed by atoms with E-state index in [1.807, 2.05) is 31.7 Å². The van der Waals surface area contributed by atoms with Crippen LogP contribution >= 0.6 is 11.8 Å². The lowest BCUT2D eigenvalue weighted by atomic mass is 10.4. The zero-order valence-electron chi connectivity index (χ0n) is 10.8. The van der Waals surface area contributed by atoms with Crippen LogP contribution in [-0.4, -0.2) is 34.6 Å². The van der Waals surface area contributed by atoms with E-state index in [9.17, 15) is 0 Å². The Hall–Kier alpha value is -0.970. The molecule has 0 aliphatic carbocycles. The number of hydrogen-bond donors (Lipinski definition) is 1. The standard InChI is InChI=1S/C12H21N3OS/c1-4-16-11-9-10(3)14-12(15-11)13-7-6-8-17-5-2/h9H,4-8H2,1-3H3,(H,13,14,15). The van der Waals surface area contributed by atoms with Gasteiger partial charge in [0.25, 0.3) is 0 Å². The molecule has 0 fully saturated rings. The number of anilines is 1. The van der Waals surface area contributed by atoms with Gasteiger partial charge in [0.2, 0.25) is 11.8 Å². The normalized spacial score (nSPS) is 10.3. The van der Waals surface area contributed by atoms with Crippen LogP contribution in [0.15, 0.2) is 6.07 Å². The second-order valence-electron chi connectivity index (χ2n) is 3.58. The third-order valence-electron chi connectivity index (χ3n) is 2.08. The number of rotatable bonds is 8. The van der Waals surface area contributed by atoms with Gasteiger partial charge >= 0.3 is 0 Å². The van der Waals surface area contributed by atoms with Crippen molar-refractivity contribution >= 4 is 17.7 Å². The average molecular weight is 255 g/mol. The molecule has 1 N–H and O–H groups in total. The van der Waals surface area contributed by atoms with Gasteiger partial charge in [0.05, 0.1) is 6.61 Å². The Kier molecular flexibility index (Phi) is 6.77. The first-order valence-corrected chi connectivity index (χ1v) is 7.21. The molecule has 4 nitrogen and oxygen atoms in total. The lowest BCUT2D eigenvalue weighted by Crippen LogP contribution is -2.08. The lowest BCUT2D eigenvalue weighted by Gasteiger charge is -2.08. The number of hydrogen-bond acceptors (Lipinski definition) is 5. The first kappa shape index (κ1) is 14.1. The second kappa shape index (κ2) is 8.17. The van der Waals surface area contributed by atoms with E-state index in [1.165, 1.54) is 11.5 Å². The van der Waals surface area contributed by atoms with E-state index in [2.05, 4.69) is 22.2 Å². The summed E-state index contributed by atoms with van der Waals surface area (Å²) in [5.41, 5.74) is 0.925. The van der Waals surface area contributed by atoms with Crippen LogP contribution in [0.2, 0.25) is 0 Å². The second-order valence-corrected chi connectivity index (χ2v) is 4.98. The van der Waals surface area contributed by atoms with Gasteiger partial charge in [-0.25, -0.2) is 4.98 Å². The highest BCUT2D eigenvalue weighted by Crippen LogP contribution is 2.12. The fraction of sp³-hybridized carbons (Fsp3) is 0.667. The molecule has 0 atom stereocenters. The molecule has 0 aliphatic heterocycles. The lowest BCUT2D eigenvalue weighted by molar-refractivity contribution is 0.326. The molecular weight excluding hydrogens is 234 g/mol. The van der Waals surface area contributed by atoms with Crippen molar-refractivity contribution in [1.82, 2.24) is 9.97 Å².